The largest absolute Gasteiger partial charge is 0.423 e. The van der Waals surface area contributed by atoms with Gasteiger partial charge in [0.05, 0.1) is 17.8 Å². The number of hydrogen-bond acceptors (Lipinski definition) is 3. The fourth-order valence-electron chi connectivity index (χ4n) is 3.20. The monoisotopic (exact) mass is 483 g/mol. The second-order valence-corrected chi connectivity index (χ2v) is 7.52. The number of aryl methyl sites for hydroxylation is 1. The fraction of sp³-hybridized carbons (Fsp3) is 0.185. The standard InChI is InChI=1S/C27H18F5NO2/c28-11-3-1-2-4-18-12-23(29)21(24(30)13-18)10-7-17-5-8-19(9-6-17)27(34)35-20-14-25(31)22(16-33)26(32)15-20/h5-6,8-9,12-15H,1-4,11H2. The van der Waals surface area contributed by atoms with E-state index < -0.39 is 52.8 Å². The van der Waals surface area contributed by atoms with Crippen molar-refractivity contribution in [2.45, 2.75) is 25.7 Å². The van der Waals surface area contributed by atoms with E-state index in [0.29, 0.717) is 36.8 Å². The van der Waals surface area contributed by atoms with Crippen LogP contribution in [-0.4, -0.2) is 12.6 Å². The number of nitrogens with zero attached hydrogens (tertiary/aromatic N) is 1. The molecular weight excluding hydrogens is 465 g/mol. The van der Waals surface area contributed by atoms with E-state index in [2.05, 4.69) is 11.8 Å². The lowest BCUT2D eigenvalue weighted by atomic mass is 10.0. The molecule has 178 valence electrons. The first-order valence-corrected chi connectivity index (χ1v) is 10.6. The molecule has 0 saturated carbocycles. The molecule has 35 heavy (non-hydrogen) atoms. The van der Waals surface area contributed by atoms with Crippen LogP contribution in [0.25, 0.3) is 0 Å². The number of alkyl halides is 1. The Morgan fingerprint density at radius 1 is 0.800 bits per heavy atom. The zero-order valence-corrected chi connectivity index (χ0v) is 18.3. The first-order chi connectivity index (χ1) is 16.8. The third-order valence-electron chi connectivity index (χ3n) is 4.99. The zero-order valence-electron chi connectivity index (χ0n) is 18.3. The summed E-state index contributed by atoms with van der Waals surface area (Å²) in [7, 11) is 0. The zero-order chi connectivity index (χ0) is 25.4. The molecule has 3 aromatic carbocycles. The molecule has 0 aliphatic carbocycles. The van der Waals surface area contributed by atoms with E-state index in [1.54, 1.807) is 0 Å². The smallest absolute Gasteiger partial charge is 0.343 e. The van der Waals surface area contributed by atoms with Gasteiger partial charge < -0.3 is 4.74 Å². The van der Waals surface area contributed by atoms with Crippen molar-refractivity contribution >= 4 is 5.97 Å². The summed E-state index contributed by atoms with van der Waals surface area (Å²) in [6.07, 6.45) is 2.10. The van der Waals surface area contributed by atoms with Crippen LogP contribution in [-0.2, 0) is 6.42 Å². The minimum atomic E-state index is -1.16. The van der Waals surface area contributed by atoms with Crippen LogP contribution in [0.5, 0.6) is 5.75 Å². The van der Waals surface area contributed by atoms with Crippen LogP contribution >= 0.6 is 0 Å². The van der Waals surface area contributed by atoms with Gasteiger partial charge in [-0.25, -0.2) is 22.4 Å². The van der Waals surface area contributed by atoms with Gasteiger partial charge in [0.25, 0.3) is 0 Å². The van der Waals surface area contributed by atoms with Crippen LogP contribution in [0, 0.1) is 46.4 Å². The highest BCUT2D eigenvalue weighted by Crippen LogP contribution is 2.21. The molecule has 0 bridgehead atoms. The van der Waals surface area contributed by atoms with Crippen LogP contribution in [0.2, 0.25) is 0 Å². The number of carbonyl (C=O) groups excluding carboxylic acids is 1. The van der Waals surface area contributed by atoms with Crippen LogP contribution < -0.4 is 4.74 Å². The number of ether oxygens (including phenoxy) is 1. The number of hydrogen-bond donors (Lipinski definition) is 0. The third-order valence-corrected chi connectivity index (χ3v) is 4.99. The summed E-state index contributed by atoms with van der Waals surface area (Å²) in [6, 6.07) is 10.7. The Balaban J connectivity index is 1.69. The Morgan fingerprint density at radius 3 is 1.97 bits per heavy atom. The van der Waals surface area contributed by atoms with Gasteiger partial charge in [-0.15, -0.1) is 0 Å². The number of unbranched alkanes of at least 4 members (excludes halogenated alkanes) is 2. The van der Waals surface area contributed by atoms with Gasteiger partial charge in [-0.1, -0.05) is 18.3 Å². The molecule has 0 spiro atoms. The average Bonchev–Trinajstić information content (AvgIpc) is 2.81. The lowest BCUT2D eigenvalue weighted by Crippen LogP contribution is -2.09. The van der Waals surface area contributed by atoms with Crippen molar-refractivity contribution in [2.75, 3.05) is 6.67 Å². The maximum Gasteiger partial charge on any atom is 0.343 e. The molecular formula is C27H18F5NO2. The summed E-state index contributed by atoms with van der Waals surface area (Å²) >= 11 is 0. The summed E-state index contributed by atoms with van der Waals surface area (Å²) in [5.74, 6) is -0.208. The normalized spacial score (nSPS) is 10.3. The van der Waals surface area contributed by atoms with E-state index in [0.717, 1.165) is 12.1 Å². The Morgan fingerprint density at radius 2 is 1.40 bits per heavy atom. The van der Waals surface area contributed by atoms with Crippen LogP contribution in [0.15, 0.2) is 48.5 Å². The SMILES string of the molecule is N#Cc1c(F)cc(OC(=O)c2ccc(C#Cc3c(F)cc(CCCCCF)cc3F)cc2)cc1F. The Bertz CT molecular complexity index is 1290. The van der Waals surface area contributed by atoms with Gasteiger partial charge in [-0.05, 0) is 61.2 Å². The van der Waals surface area contributed by atoms with Crippen LogP contribution in [0.3, 0.4) is 0 Å². The van der Waals surface area contributed by atoms with E-state index in [1.807, 2.05) is 0 Å². The molecule has 0 aromatic heterocycles. The van der Waals surface area contributed by atoms with Crippen molar-refractivity contribution in [3.05, 3.63) is 99.6 Å². The Kier molecular flexibility index (Phi) is 8.58. The lowest BCUT2D eigenvalue weighted by molar-refractivity contribution is 0.0734. The quantitative estimate of drug-likeness (QED) is 0.128. The summed E-state index contributed by atoms with van der Waals surface area (Å²) < 4.78 is 73.1. The number of rotatable bonds is 7. The van der Waals surface area contributed by atoms with E-state index >= 15 is 0 Å². The molecule has 0 atom stereocenters. The topological polar surface area (TPSA) is 50.1 Å². The summed E-state index contributed by atoms with van der Waals surface area (Å²) in [5.41, 5.74) is -0.328. The highest BCUT2D eigenvalue weighted by atomic mass is 19.1. The van der Waals surface area contributed by atoms with Crippen molar-refractivity contribution in [3.8, 4) is 23.7 Å². The predicted octanol–water partition coefficient (Wildman–Crippen LogP) is 6.42. The van der Waals surface area contributed by atoms with Crippen molar-refractivity contribution in [1.82, 2.24) is 0 Å². The van der Waals surface area contributed by atoms with Gasteiger partial charge in [0, 0.05) is 17.7 Å². The van der Waals surface area contributed by atoms with E-state index in [-0.39, 0.29) is 5.56 Å². The van der Waals surface area contributed by atoms with Crippen molar-refractivity contribution in [1.29, 1.82) is 5.26 Å². The number of halogens is 5. The number of nitriles is 1. The molecule has 8 heteroatoms. The molecule has 3 rings (SSSR count). The van der Waals surface area contributed by atoms with E-state index in [9.17, 15) is 26.7 Å². The summed E-state index contributed by atoms with van der Waals surface area (Å²) in [5, 5.41) is 8.68. The fourth-order valence-corrected chi connectivity index (χ4v) is 3.20. The second-order valence-electron chi connectivity index (χ2n) is 7.52. The summed E-state index contributed by atoms with van der Waals surface area (Å²) in [6.45, 7) is -0.420. The van der Waals surface area contributed by atoms with Crippen molar-refractivity contribution in [2.24, 2.45) is 0 Å². The first-order valence-electron chi connectivity index (χ1n) is 10.6. The molecule has 0 radical (unpaired) electrons. The molecule has 0 saturated heterocycles. The third kappa shape index (κ3) is 6.68. The molecule has 0 aliphatic heterocycles. The van der Waals surface area contributed by atoms with Gasteiger partial charge in [0.15, 0.2) is 0 Å². The molecule has 0 N–H and O–H groups in total. The first kappa shape index (κ1) is 25.5. The minimum Gasteiger partial charge on any atom is -0.423 e. The van der Waals surface area contributed by atoms with Gasteiger partial charge >= 0.3 is 5.97 Å². The molecule has 0 amide bonds. The molecule has 0 aliphatic rings. The Hall–Kier alpha value is -4.17. The number of esters is 1. The van der Waals surface area contributed by atoms with E-state index in [4.69, 9.17) is 10.00 Å². The highest BCUT2D eigenvalue weighted by molar-refractivity contribution is 5.91. The van der Waals surface area contributed by atoms with E-state index in [1.165, 1.54) is 42.5 Å². The highest BCUT2D eigenvalue weighted by Gasteiger charge is 2.15. The summed E-state index contributed by atoms with van der Waals surface area (Å²) in [4.78, 5) is 12.2. The van der Waals surface area contributed by atoms with Gasteiger partial charge in [-0.2, -0.15) is 5.26 Å². The van der Waals surface area contributed by atoms with Crippen LogP contribution in [0.1, 0.15) is 51.9 Å². The van der Waals surface area contributed by atoms with Crippen molar-refractivity contribution in [3.63, 3.8) is 0 Å². The molecule has 0 fully saturated rings. The van der Waals surface area contributed by atoms with Gasteiger partial charge in [-0.3, -0.25) is 4.39 Å². The number of carbonyl (C=O) groups is 1. The van der Waals surface area contributed by atoms with Crippen LogP contribution in [0.4, 0.5) is 22.0 Å². The lowest BCUT2D eigenvalue weighted by Gasteiger charge is -2.06. The average molecular weight is 483 g/mol. The number of benzene rings is 3. The molecule has 0 heterocycles. The Labute approximate surface area is 198 Å². The molecule has 3 aromatic rings. The maximum absolute atomic E-state index is 14.3. The van der Waals surface area contributed by atoms with Gasteiger partial charge in [0.2, 0.25) is 0 Å². The predicted molar refractivity (Wildman–Crippen MR) is 118 cm³/mol. The van der Waals surface area contributed by atoms with Crippen molar-refractivity contribution < 1.29 is 31.5 Å². The minimum absolute atomic E-state index is 0.0372. The van der Waals surface area contributed by atoms with Gasteiger partial charge in [0.1, 0.15) is 40.7 Å². The molecule has 0 unspecified atom stereocenters. The maximum atomic E-state index is 14.3. The second kappa shape index (κ2) is 11.8. The molecule has 3 nitrogen and oxygen atoms in total.